The second-order valence-electron chi connectivity index (χ2n) is 8.05. The van der Waals surface area contributed by atoms with Crippen LogP contribution >= 0.6 is 0 Å². The summed E-state index contributed by atoms with van der Waals surface area (Å²) in [6, 6.07) is 6.32. The maximum Gasteiger partial charge on any atom is 0.421 e. The van der Waals surface area contributed by atoms with Gasteiger partial charge in [-0.15, -0.1) is 0 Å². The van der Waals surface area contributed by atoms with E-state index in [1.165, 1.54) is 13.2 Å². The van der Waals surface area contributed by atoms with Crippen LogP contribution < -0.4 is 15.0 Å². The number of nitrogens with one attached hydrogen (secondary N) is 1. The van der Waals surface area contributed by atoms with Gasteiger partial charge in [0.15, 0.2) is 0 Å². The minimum absolute atomic E-state index is 0.213. The summed E-state index contributed by atoms with van der Waals surface area (Å²) in [5.41, 5.74) is 1.98. The average molecular weight is 461 g/mol. The largest absolute Gasteiger partial charge is 0.481 e. The second-order valence-corrected chi connectivity index (χ2v) is 8.05. The summed E-state index contributed by atoms with van der Waals surface area (Å²) in [7, 11) is 2.78. The Morgan fingerprint density at radius 1 is 1.15 bits per heavy atom. The van der Waals surface area contributed by atoms with Crippen molar-refractivity contribution in [2.24, 2.45) is 0 Å². The molecule has 176 valence electrons. The number of pyridine rings is 2. The molecule has 1 aliphatic heterocycles. The molecular formula is C23H26F3N5O2. The fourth-order valence-electron chi connectivity index (χ4n) is 4.34. The van der Waals surface area contributed by atoms with Crippen molar-refractivity contribution >= 4 is 17.2 Å². The van der Waals surface area contributed by atoms with Crippen LogP contribution in [0.1, 0.15) is 34.6 Å². The quantitative estimate of drug-likeness (QED) is 0.738. The number of aromatic nitrogens is 2. The number of hydrogen-bond donors (Lipinski definition) is 1. The predicted molar refractivity (Wildman–Crippen MR) is 118 cm³/mol. The van der Waals surface area contributed by atoms with Crippen LogP contribution in [-0.2, 0) is 6.18 Å². The van der Waals surface area contributed by atoms with Gasteiger partial charge >= 0.3 is 6.18 Å². The standard InChI is InChI=1S/C23H26F3N5O2/c1-27-21(32)20-7-5-17(14-28-20)31-11-9-30(10-12-31)16-4-3-15(13-16)19-8-6-18(23(24,25)26)22(29-19)33-2/h5-8,13-14,16H,3-4,9-12H2,1-2H3,(H,27,32). The lowest BCUT2D eigenvalue weighted by Gasteiger charge is -2.38. The molecule has 4 rings (SSSR count). The summed E-state index contributed by atoms with van der Waals surface area (Å²) in [5, 5.41) is 2.56. The zero-order valence-electron chi connectivity index (χ0n) is 18.5. The second kappa shape index (κ2) is 9.38. The number of nitrogens with zero attached hydrogens (tertiary/aromatic N) is 4. The molecule has 1 fully saturated rings. The van der Waals surface area contributed by atoms with Crippen LogP contribution in [0.2, 0.25) is 0 Å². The number of rotatable bonds is 5. The molecule has 1 aliphatic carbocycles. The number of amides is 1. The Morgan fingerprint density at radius 3 is 2.52 bits per heavy atom. The fraction of sp³-hybridized carbons (Fsp3) is 0.435. The summed E-state index contributed by atoms with van der Waals surface area (Å²) in [6.07, 6.45) is 1.00. The Morgan fingerprint density at radius 2 is 1.91 bits per heavy atom. The van der Waals surface area contributed by atoms with Crippen molar-refractivity contribution in [1.82, 2.24) is 20.2 Å². The number of carbonyl (C=O) groups excluding carboxylic acids is 1. The van der Waals surface area contributed by atoms with E-state index in [1.807, 2.05) is 6.07 Å². The van der Waals surface area contributed by atoms with Gasteiger partial charge in [0.05, 0.1) is 24.7 Å². The van der Waals surface area contributed by atoms with Crippen LogP contribution in [0.4, 0.5) is 18.9 Å². The molecule has 0 aromatic carbocycles. The van der Waals surface area contributed by atoms with Crippen molar-refractivity contribution in [2.75, 3.05) is 45.2 Å². The van der Waals surface area contributed by atoms with E-state index in [2.05, 4.69) is 31.2 Å². The lowest BCUT2D eigenvalue weighted by molar-refractivity contribution is -0.139. The topological polar surface area (TPSA) is 70.6 Å². The zero-order valence-corrected chi connectivity index (χ0v) is 18.5. The van der Waals surface area contributed by atoms with Crippen LogP contribution in [0.3, 0.4) is 0 Å². The van der Waals surface area contributed by atoms with Gasteiger partial charge in [0.2, 0.25) is 5.88 Å². The number of anilines is 1. The van der Waals surface area contributed by atoms with Gasteiger partial charge < -0.3 is 15.0 Å². The molecule has 1 amide bonds. The highest BCUT2D eigenvalue weighted by molar-refractivity contribution is 5.92. The lowest BCUT2D eigenvalue weighted by Crippen LogP contribution is -2.49. The minimum atomic E-state index is -4.50. The molecule has 1 N–H and O–H groups in total. The summed E-state index contributed by atoms with van der Waals surface area (Å²) in [5.74, 6) is -0.607. The number of alkyl halides is 3. The molecule has 0 radical (unpaired) electrons. The van der Waals surface area contributed by atoms with Crippen molar-refractivity contribution in [2.45, 2.75) is 25.1 Å². The van der Waals surface area contributed by atoms with Gasteiger partial charge in [0.1, 0.15) is 11.3 Å². The molecule has 2 aliphatic rings. The van der Waals surface area contributed by atoms with E-state index in [0.29, 0.717) is 11.4 Å². The van der Waals surface area contributed by atoms with Gasteiger partial charge in [-0.1, -0.05) is 6.08 Å². The van der Waals surface area contributed by atoms with E-state index >= 15 is 0 Å². The summed E-state index contributed by atoms with van der Waals surface area (Å²) >= 11 is 0. The van der Waals surface area contributed by atoms with Crippen molar-refractivity contribution in [3.63, 3.8) is 0 Å². The third-order valence-corrected chi connectivity index (χ3v) is 6.15. The normalized spacial score (nSPS) is 19.4. The zero-order chi connectivity index (χ0) is 23.6. The first-order chi connectivity index (χ1) is 15.8. The number of allylic oxidation sites excluding steroid dienone is 1. The molecule has 3 heterocycles. The maximum absolute atomic E-state index is 13.1. The number of halogens is 3. The summed E-state index contributed by atoms with van der Waals surface area (Å²) in [4.78, 5) is 24.6. The number of piperazine rings is 1. The van der Waals surface area contributed by atoms with Crippen LogP contribution in [0.25, 0.3) is 5.57 Å². The van der Waals surface area contributed by atoms with Crippen LogP contribution in [-0.4, -0.2) is 67.2 Å². The Kier molecular flexibility index (Phi) is 6.55. The van der Waals surface area contributed by atoms with Crippen molar-refractivity contribution < 1.29 is 22.7 Å². The smallest absolute Gasteiger partial charge is 0.421 e. The van der Waals surface area contributed by atoms with Gasteiger partial charge in [0, 0.05) is 39.3 Å². The van der Waals surface area contributed by atoms with E-state index in [0.717, 1.165) is 56.3 Å². The molecule has 0 spiro atoms. The molecule has 2 aromatic heterocycles. The minimum Gasteiger partial charge on any atom is -0.481 e. The van der Waals surface area contributed by atoms with E-state index in [9.17, 15) is 18.0 Å². The van der Waals surface area contributed by atoms with Crippen molar-refractivity contribution in [3.8, 4) is 5.88 Å². The first-order valence-corrected chi connectivity index (χ1v) is 10.8. The molecule has 7 nitrogen and oxygen atoms in total. The molecule has 33 heavy (non-hydrogen) atoms. The predicted octanol–water partition coefficient (Wildman–Crippen LogP) is 3.23. The van der Waals surface area contributed by atoms with Crippen LogP contribution in [0.15, 0.2) is 36.5 Å². The van der Waals surface area contributed by atoms with E-state index in [1.54, 1.807) is 19.3 Å². The van der Waals surface area contributed by atoms with E-state index in [-0.39, 0.29) is 11.9 Å². The van der Waals surface area contributed by atoms with E-state index < -0.39 is 17.6 Å². The number of ether oxygens (including phenoxy) is 1. The Bertz CT molecular complexity index is 1030. The third kappa shape index (κ3) is 4.95. The molecule has 0 saturated carbocycles. The molecule has 1 atom stereocenters. The highest BCUT2D eigenvalue weighted by Gasteiger charge is 2.36. The van der Waals surface area contributed by atoms with Gasteiger partial charge in [-0.25, -0.2) is 9.97 Å². The molecule has 2 aromatic rings. The maximum atomic E-state index is 13.1. The summed E-state index contributed by atoms with van der Waals surface area (Å²) < 4.78 is 44.2. The van der Waals surface area contributed by atoms with Gasteiger partial charge in [-0.05, 0) is 42.7 Å². The molecular weight excluding hydrogens is 435 g/mol. The van der Waals surface area contributed by atoms with Crippen molar-refractivity contribution in [1.29, 1.82) is 0 Å². The Labute approximate surface area is 190 Å². The Balaban J connectivity index is 1.39. The molecule has 1 unspecified atom stereocenters. The first-order valence-electron chi connectivity index (χ1n) is 10.8. The van der Waals surface area contributed by atoms with Crippen molar-refractivity contribution in [3.05, 3.63) is 53.5 Å². The SMILES string of the molecule is CNC(=O)c1ccc(N2CCN(C3C=C(c4ccc(C(F)(F)F)c(OC)n4)CC3)CC2)cn1. The van der Waals surface area contributed by atoms with Crippen LogP contribution in [0.5, 0.6) is 5.88 Å². The summed E-state index contributed by atoms with van der Waals surface area (Å²) in [6.45, 7) is 3.37. The number of hydrogen-bond acceptors (Lipinski definition) is 6. The molecule has 10 heteroatoms. The molecule has 1 saturated heterocycles. The van der Waals surface area contributed by atoms with Gasteiger partial charge in [0.25, 0.3) is 5.91 Å². The highest BCUT2D eigenvalue weighted by Crippen LogP contribution is 2.37. The van der Waals surface area contributed by atoms with Gasteiger partial charge in [-0.3, -0.25) is 9.69 Å². The highest BCUT2D eigenvalue weighted by atomic mass is 19.4. The fourth-order valence-corrected chi connectivity index (χ4v) is 4.34. The van der Waals surface area contributed by atoms with E-state index in [4.69, 9.17) is 4.74 Å². The van der Waals surface area contributed by atoms with Crippen LogP contribution in [0, 0.1) is 0 Å². The number of methoxy groups -OCH3 is 1. The average Bonchev–Trinajstić information content (AvgIpc) is 3.33. The Hall–Kier alpha value is -3.14. The third-order valence-electron chi connectivity index (χ3n) is 6.15. The monoisotopic (exact) mass is 461 g/mol. The van der Waals surface area contributed by atoms with Gasteiger partial charge in [-0.2, -0.15) is 13.2 Å². The lowest BCUT2D eigenvalue weighted by atomic mass is 10.1. The molecule has 0 bridgehead atoms. The number of carbonyl (C=O) groups is 1. The first kappa shape index (κ1) is 23.0.